The normalized spacial score (nSPS) is 18.8. The molecule has 3 nitrogen and oxygen atoms in total. The van der Waals surface area contributed by atoms with Crippen LogP contribution in [-0.4, -0.2) is 11.8 Å². The van der Waals surface area contributed by atoms with Crippen LogP contribution in [-0.2, 0) is 9.53 Å². The maximum atomic E-state index is 11.6. The molecule has 3 heteroatoms. The molecule has 15 heavy (non-hydrogen) atoms. The molecule has 1 aromatic carbocycles. The van der Waals surface area contributed by atoms with E-state index in [1.165, 1.54) is 6.92 Å². The number of carbonyl (C=O) groups excluding carboxylic acids is 2. The van der Waals surface area contributed by atoms with E-state index in [9.17, 15) is 9.59 Å². The molecule has 0 amide bonds. The standard InChI is InChI=1S/C12H12O3/c1-7-3-4-9-10(5-7)12(6-11(9)14)15-8(2)13/h3-5,12H,6H2,1-2H3. The van der Waals surface area contributed by atoms with E-state index in [2.05, 4.69) is 0 Å². The Labute approximate surface area is 88.1 Å². The number of rotatable bonds is 1. The topological polar surface area (TPSA) is 43.4 Å². The molecule has 0 bridgehead atoms. The van der Waals surface area contributed by atoms with Gasteiger partial charge in [-0.3, -0.25) is 9.59 Å². The molecule has 0 spiro atoms. The van der Waals surface area contributed by atoms with Crippen LogP contribution in [0.1, 0.15) is 40.9 Å². The van der Waals surface area contributed by atoms with Crippen molar-refractivity contribution >= 4 is 11.8 Å². The minimum absolute atomic E-state index is 0.0521. The van der Waals surface area contributed by atoms with Gasteiger partial charge in [-0.15, -0.1) is 0 Å². The molecule has 0 saturated heterocycles. The Balaban J connectivity index is 2.39. The van der Waals surface area contributed by atoms with Crippen LogP contribution in [0.5, 0.6) is 0 Å². The lowest BCUT2D eigenvalue weighted by Gasteiger charge is -2.10. The van der Waals surface area contributed by atoms with Gasteiger partial charge in [0, 0.05) is 18.1 Å². The van der Waals surface area contributed by atoms with Crippen LogP contribution in [0.15, 0.2) is 18.2 Å². The fourth-order valence-corrected chi connectivity index (χ4v) is 1.90. The quantitative estimate of drug-likeness (QED) is 0.658. The summed E-state index contributed by atoms with van der Waals surface area (Å²) in [5, 5.41) is 0. The minimum atomic E-state index is -0.384. The molecule has 1 aromatic rings. The zero-order chi connectivity index (χ0) is 11.0. The highest BCUT2D eigenvalue weighted by molar-refractivity contribution is 6.01. The summed E-state index contributed by atoms with van der Waals surface area (Å²) in [6, 6.07) is 5.61. The lowest BCUT2D eigenvalue weighted by Crippen LogP contribution is -2.05. The van der Waals surface area contributed by atoms with Gasteiger partial charge in [0.15, 0.2) is 5.78 Å². The van der Waals surface area contributed by atoms with Crippen molar-refractivity contribution < 1.29 is 14.3 Å². The summed E-state index contributed by atoms with van der Waals surface area (Å²) in [5.41, 5.74) is 2.60. The van der Waals surface area contributed by atoms with Crippen molar-refractivity contribution in [2.75, 3.05) is 0 Å². The number of ketones is 1. The molecule has 1 atom stereocenters. The third kappa shape index (κ3) is 1.77. The first-order valence-corrected chi connectivity index (χ1v) is 4.89. The smallest absolute Gasteiger partial charge is 0.303 e. The van der Waals surface area contributed by atoms with Crippen molar-refractivity contribution in [3.8, 4) is 0 Å². The van der Waals surface area contributed by atoms with Crippen LogP contribution in [0.25, 0.3) is 0 Å². The number of Topliss-reactive ketones (excluding diaryl/α,β-unsaturated/α-hetero) is 1. The Kier molecular flexibility index (Phi) is 2.31. The predicted molar refractivity (Wildman–Crippen MR) is 54.6 cm³/mol. The van der Waals surface area contributed by atoms with Gasteiger partial charge in [-0.2, -0.15) is 0 Å². The van der Waals surface area contributed by atoms with Crippen molar-refractivity contribution in [3.05, 3.63) is 34.9 Å². The molecule has 0 radical (unpaired) electrons. The second kappa shape index (κ2) is 3.50. The second-order valence-electron chi connectivity index (χ2n) is 3.82. The van der Waals surface area contributed by atoms with E-state index in [4.69, 9.17) is 4.74 Å². The number of benzene rings is 1. The lowest BCUT2D eigenvalue weighted by atomic mass is 10.1. The first-order chi connectivity index (χ1) is 7.08. The molecule has 1 aliphatic carbocycles. The highest BCUT2D eigenvalue weighted by Gasteiger charge is 2.31. The van der Waals surface area contributed by atoms with Crippen LogP contribution >= 0.6 is 0 Å². The highest BCUT2D eigenvalue weighted by Crippen LogP contribution is 2.34. The molecule has 0 fully saturated rings. The number of carbonyl (C=O) groups is 2. The molecule has 0 aliphatic heterocycles. The molecule has 78 valence electrons. The first-order valence-electron chi connectivity index (χ1n) is 4.89. The molecule has 0 saturated carbocycles. The van der Waals surface area contributed by atoms with E-state index >= 15 is 0 Å². The number of ether oxygens (including phenoxy) is 1. The number of hydrogen-bond donors (Lipinski definition) is 0. The largest absolute Gasteiger partial charge is 0.457 e. The van der Waals surface area contributed by atoms with Crippen LogP contribution in [0.2, 0.25) is 0 Å². The molecule has 0 heterocycles. The average Bonchev–Trinajstić information content (AvgIpc) is 2.42. The summed E-state index contributed by atoms with van der Waals surface area (Å²) in [6.07, 6.45) is -0.108. The molecule has 0 aromatic heterocycles. The lowest BCUT2D eigenvalue weighted by molar-refractivity contribution is -0.146. The van der Waals surface area contributed by atoms with Crippen LogP contribution < -0.4 is 0 Å². The number of aryl methyl sites for hydroxylation is 1. The minimum Gasteiger partial charge on any atom is -0.457 e. The summed E-state index contributed by atoms with van der Waals surface area (Å²) in [7, 11) is 0. The Morgan fingerprint density at radius 3 is 2.87 bits per heavy atom. The van der Waals surface area contributed by atoms with E-state index < -0.39 is 0 Å². The average molecular weight is 204 g/mol. The van der Waals surface area contributed by atoms with Gasteiger partial charge in [0.2, 0.25) is 0 Å². The van der Waals surface area contributed by atoms with Gasteiger partial charge in [0.25, 0.3) is 0 Å². The zero-order valence-corrected chi connectivity index (χ0v) is 8.74. The summed E-state index contributed by atoms with van der Waals surface area (Å²) >= 11 is 0. The summed E-state index contributed by atoms with van der Waals surface area (Å²) < 4.78 is 5.10. The van der Waals surface area contributed by atoms with Gasteiger partial charge in [0.1, 0.15) is 6.10 Å². The van der Waals surface area contributed by atoms with Crippen LogP contribution in [0.3, 0.4) is 0 Å². The molecular weight excluding hydrogens is 192 g/mol. The maximum absolute atomic E-state index is 11.6. The molecule has 1 aliphatic rings. The van der Waals surface area contributed by atoms with Crippen molar-refractivity contribution in [1.29, 1.82) is 0 Å². The van der Waals surface area contributed by atoms with E-state index in [1.807, 2.05) is 19.1 Å². The van der Waals surface area contributed by atoms with Gasteiger partial charge >= 0.3 is 5.97 Å². The monoisotopic (exact) mass is 204 g/mol. The first kappa shape index (κ1) is 9.90. The second-order valence-corrected chi connectivity index (χ2v) is 3.82. The van der Waals surface area contributed by atoms with E-state index in [0.717, 1.165) is 11.1 Å². The number of esters is 1. The van der Waals surface area contributed by atoms with Crippen molar-refractivity contribution in [3.63, 3.8) is 0 Å². The Hall–Kier alpha value is -1.64. The molecule has 0 N–H and O–H groups in total. The van der Waals surface area contributed by atoms with Gasteiger partial charge in [-0.25, -0.2) is 0 Å². The SMILES string of the molecule is CC(=O)OC1CC(=O)c2ccc(C)cc21. The van der Waals surface area contributed by atoms with Gasteiger partial charge in [0.05, 0.1) is 6.42 Å². The predicted octanol–water partition coefficient (Wildman–Crippen LogP) is 2.19. The third-order valence-corrected chi connectivity index (χ3v) is 2.53. The fraction of sp³-hybridized carbons (Fsp3) is 0.333. The van der Waals surface area contributed by atoms with E-state index in [0.29, 0.717) is 5.56 Å². The zero-order valence-electron chi connectivity index (χ0n) is 8.74. The van der Waals surface area contributed by atoms with Crippen LogP contribution in [0.4, 0.5) is 0 Å². The highest BCUT2D eigenvalue weighted by atomic mass is 16.5. The third-order valence-electron chi connectivity index (χ3n) is 2.53. The van der Waals surface area contributed by atoms with E-state index in [1.54, 1.807) is 6.07 Å². The molecular formula is C12H12O3. The Bertz CT molecular complexity index is 432. The summed E-state index contributed by atoms with van der Waals surface area (Å²) in [4.78, 5) is 22.4. The fourth-order valence-electron chi connectivity index (χ4n) is 1.90. The van der Waals surface area contributed by atoms with E-state index in [-0.39, 0.29) is 24.3 Å². The Morgan fingerprint density at radius 1 is 1.47 bits per heavy atom. The van der Waals surface area contributed by atoms with Crippen LogP contribution in [0, 0.1) is 6.92 Å². The summed E-state index contributed by atoms with van der Waals surface area (Å²) in [6.45, 7) is 3.31. The van der Waals surface area contributed by atoms with Crippen molar-refractivity contribution in [2.45, 2.75) is 26.4 Å². The number of fused-ring (bicyclic) bond motifs is 1. The van der Waals surface area contributed by atoms with Crippen molar-refractivity contribution in [1.82, 2.24) is 0 Å². The van der Waals surface area contributed by atoms with Gasteiger partial charge < -0.3 is 4.74 Å². The van der Waals surface area contributed by atoms with Gasteiger partial charge in [-0.05, 0) is 6.92 Å². The number of hydrogen-bond acceptors (Lipinski definition) is 3. The molecule has 1 unspecified atom stereocenters. The van der Waals surface area contributed by atoms with Gasteiger partial charge in [-0.1, -0.05) is 23.8 Å². The Morgan fingerprint density at radius 2 is 2.20 bits per heavy atom. The summed E-state index contributed by atoms with van der Waals surface area (Å²) in [5.74, 6) is -0.293. The van der Waals surface area contributed by atoms with Crippen molar-refractivity contribution in [2.24, 2.45) is 0 Å². The maximum Gasteiger partial charge on any atom is 0.303 e. The molecule has 2 rings (SSSR count).